The topological polar surface area (TPSA) is 88.2 Å². The predicted octanol–water partition coefficient (Wildman–Crippen LogP) is 2.49. The molecule has 2 aliphatic heterocycles. The third-order valence-corrected chi connectivity index (χ3v) is 8.09. The number of hydrogen-bond donors (Lipinski definition) is 1. The van der Waals surface area contributed by atoms with E-state index in [1.54, 1.807) is 12.0 Å². The molecular formula is C26H35N3O5. The SMILES string of the molecule is CCN(CC1CC(OC)C1)[C@@H]1CCC[C@@H]1Oc1ccc2c(c1)CN(C1CCC(=O)NC1=O)C2=O. The molecule has 34 heavy (non-hydrogen) atoms. The fraction of sp³-hybridized carbons (Fsp3) is 0.654. The lowest BCUT2D eigenvalue weighted by atomic mass is 9.81. The van der Waals surface area contributed by atoms with E-state index in [2.05, 4.69) is 17.1 Å². The lowest BCUT2D eigenvalue weighted by molar-refractivity contribution is -0.136. The Labute approximate surface area is 200 Å². The van der Waals surface area contributed by atoms with Gasteiger partial charge in [-0.3, -0.25) is 24.6 Å². The summed E-state index contributed by atoms with van der Waals surface area (Å²) in [6.07, 6.45) is 6.82. The van der Waals surface area contributed by atoms with Crippen LogP contribution in [0.25, 0.3) is 0 Å². The Morgan fingerprint density at radius 2 is 1.97 bits per heavy atom. The van der Waals surface area contributed by atoms with Crippen LogP contribution in [-0.2, 0) is 20.9 Å². The van der Waals surface area contributed by atoms with Gasteiger partial charge < -0.3 is 14.4 Å². The van der Waals surface area contributed by atoms with E-state index >= 15 is 0 Å². The molecule has 1 unspecified atom stereocenters. The average Bonchev–Trinajstić information content (AvgIpc) is 3.37. The Hall–Kier alpha value is -2.45. The number of hydrogen-bond acceptors (Lipinski definition) is 6. The molecule has 0 spiro atoms. The summed E-state index contributed by atoms with van der Waals surface area (Å²) in [5.74, 6) is 0.680. The van der Waals surface area contributed by atoms with Crippen LogP contribution < -0.4 is 10.1 Å². The summed E-state index contributed by atoms with van der Waals surface area (Å²) in [5.41, 5.74) is 1.50. The normalized spacial score (nSPS) is 31.0. The fourth-order valence-corrected chi connectivity index (χ4v) is 6.11. The van der Waals surface area contributed by atoms with Crippen molar-refractivity contribution in [3.05, 3.63) is 29.3 Å². The second kappa shape index (κ2) is 9.66. The maximum Gasteiger partial charge on any atom is 0.255 e. The van der Waals surface area contributed by atoms with Gasteiger partial charge in [0.2, 0.25) is 11.8 Å². The van der Waals surface area contributed by atoms with Gasteiger partial charge in [-0.2, -0.15) is 0 Å². The number of benzene rings is 1. The highest BCUT2D eigenvalue weighted by atomic mass is 16.5. The third kappa shape index (κ3) is 4.45. The zero-order valence-corrected chi connectivity index (χ0v) is 20.1. The molecule has 0 bridgehead atoms. The van der Waals surface area contributed by atoms with Gasteiger partial charge in [-0.05, 0) is 74.8 Å². The van der Waals surface area contributed by atoms with E-state index in [1.165, 1.54) is 0 Å². The highest BCUT2D eigenvalue weighted by Crippen LogP contribution is 2.35. The van der Waals surface area contributed by atoms with E-state index in [0.29, 0.717) is 36.6 Å². The highest BCUT2D eigenvalue weighted by molar-refractivity contribution is 6.05. The molecule has 1 aromatic rings. The smallest absolute Gasteiger partial charge is 0.255 e. The first kappa shape index (κ1) is 23.3. The second-order valence-corrected chi connectivity index (χ2v) is 10.2. The minimum atomic E-state index is -0.594. The minimum Gasteiger partial charge on any atom is -0.489 e. The molecule has 8 heteroatoms. The van der Waals surface area contributed by atoms with E-state index in [1.807, 2.05) is 18.2 Å². The molecule has 0 radical (unpaired) electrons. The number of amides is 3. The van der Waals surface area contributed by atoms with Crippen molar-refractivity contribution < 1.29 is 23.9 Å². The molecule has 3 amide bonds. The van der Waals surface area contributed by atoms with E-state index < -0.39 is 6.04 Å². The van der Waals surface area contributed by atoms with Crippen molar-refractivity contribution in [1.82, 2.24) is 15.1 Å². The fourth-order valence-electron chi connectivity index (χ4n) is 6.11. The number of carbonyl (C=O) groups is 3. The van der Waals surface area contributed by atoms with E-state index in [-0.39, 0.29) is 30.2 Å². The molecule has 5 rings (SSSR count). The quantitative estimate of drug-likeness (QED) is 0.589. The molecule has 2 saturated carbocycles. The number of likely N-dealkylation sites (N-methyl/N-ethyl adjacent to an activating group) is 1. The molecule has 2 aliphatic carbocycles. The number of piperidine rings is 1. The van der Waals surface area contributed by atoms with E-state index in [9.17, 15) is 14.4 Å². The maximum absolute atomic E-state index is 12.9. The Bertz CT molecular complexity index is 960. The molecule has 1 saturated heterocycles. The molecule has 184 valence electrons. The van der Waals surface area contributed by atoms with Crippen LogP contribution in [0.1, 0.15) is 67.8 Å². The Balaban J connectivity index is 1.23. The van der Waals surface area contributed by atoms with Gasteiger partial charge in [0.15, 0.2) is 0 Å². The van der Waals surface area contributed by atoms with Gasteiger partial charge in [0, 0.05) is 38.2 Å². The minimum absolute atomic E-state index is 0.139. The van der Waals surface area contributed by atoms with E-state index in [0.717, 1.165) is 56.5 Å². The van der Waals surface area contributed by atoms with Crippen LogP contribution in [0.4, 0.5) is 0 Å². The first-order valence-corrected chi connectivity index (χ1v) is 12.7. The molecular weight excluding hydrogens is 434 g/mol. The number of carbonyl (C=O) groups excluding carboxylic acids is 3. The highest BCUT2D eigenvalue weighted by Gasteiger charge is 2.40. The van der Waals surface area contributed by atoms with Gasteiger partial charge in [-0.15, -0.1) is 0 Å². The van der Waals surface area contributed by atoms with Gasteiger partial charge in [0.1, 0.15) is 17.9 Å². The molecule has 1 N–H and O–H groups in total. The van der Waals surface area contributed by atoms with Gasteiger partial charge in [-0.25, -0.2) is 0 Å². The van der Waals surface area contributed by atoms with Gasteiger partial charge >= 0.3 is 0 Å². The first-order valence-electron chi connectivity index (χ1n) is 12.7. The van der Waals surface area contributed by atoms with Crippen LogP contribution in [-0.4, -0.2) is 72.0 Å². The van der Waals surface area contributed by atoms with Crippen LogP contribution in [0.2, 0.25) is 0 Å². The molecule has 4 aliphatic rings. The summed E-state index contributed by atoms with van der Waals surface area (Å²) in [4.78, 5) is 40.9. The molecule has 3 fully saturated rings. The van der Waals surface area contributed by atoms with Crippen molar-refractivity contribution >= 4 is 17.7 Å². The van der Waals surface area contributed by atoms with Crippen LogP contribution in [0.15, 0.2) is 18.2 Å². The van der Waals surface area contributed by atoms with Crippen LogP contribution in [0.5, 0.6) is 5.75 Å². The molecule has 0 aromatic heterocycles. The summed E-state index contributed by atoms with van der Waals surface area (Å²) in [7, 11) is 1.80. The van der Waals surface area contributed by atoms with Crippen molar-refractivity contribution in [2.45, 2.75) is 82.7 Å². The summed E-state index contributed by atoms with van der Waals surface area (Å²) in [6.45, 7) is 4.71. The average molecular weight is 470 g/mol. The van der Waals surface area contributed by atoms with Gasteiger partial charge in [0.25, 0.3) is 5.91 Å². The number of rotatable bonds is 8. The number of nitrogens with one attached hydrogen (secondary N) is 1. The number of fused-ring (bicyclic) bond motifs is 1. The number of nitrogens with zero attached hydrogens (tertiary/aromatic N) is 2. The van der Waals surface area contributed by atoms with Gasteiger partial charge in [0.05, 0.1) is 6.10 Å². The lowest BCUT2D eigenvalue weighted by Gasteiger charge is -2.40. The van der Waals surface area contributed by atoms with Crippen molar-refractivity contribution in [1.29, 1.82) is 0 Å². The summed E-state index contributed by atoms with van der Waals surface area (Å²) >= 11 is 0. The first-order chi connectivity index (χ1) is 16.5. The molecule has 2 heterocycles. The van der Waals surface area contributed by atoms with Crippen molar-refractivity contribution in [3.63, 3.8) is 0 Å². The zero-order chi connectivity index (χ0) is 23.8. The summed E-state index contributed by atoms with van der Waals surface area (Å²) in [6, 6.07) is 5.47. The van der Waals surface area contributed by atoms with Crippen LogP contribution >= 0.6 is 0 Å². The Kier molecular flexibility index (Phi) is 6.62. The predicted molar refractivity (Wildman–Crippen MR) is 125 cm³/mol. The Morgan fingerprint density at radius 1 is 1.15 bits per heavy atom. The van der Waals surface area contributed by atoms with Crippen molar-refractivity contribution in [3.8, 4) is 5.75 Å². The largest absolute Gasteiger partial charge is 0.489 e. The number of imide groups is 1. The van der Waals surface area contributed by atoms with Crippen LogP contribution in [0, 0.1) is 5.92 Å². The lowest BCUT2D eigenvalue weighted by Crippen LogP contribution is -2.52. The maximum atomic E-state index is 12.9. The second-order valence-electron chi connectivity index (χ2n) is 10.2. The monoisotopic (exact) mass is 469 g/mol. The van der Waals surface area contributed by atoms with E-state index in [4.69, 9.17) is 9.47 Å². The van der Waals surface area contributed by atoms with Gasteiger partial charge in [-0.1, -0.05) is 6.92 Å². The Morgan fingerprint density at radius 3 is 2.71 bits per heavy atom. The molecule has 8 nitrogen and oxygen atoms in total. The summed E-state index contributed by atoms with van der Waals surface area (Å²) < 4.78 is 12.0. The van der Waals surface area contributed by atoms with Crippen LogP contribution in [0.3, 0.4) is 0 Å². The standard InChI is InChI=1S/C26H35N3O5/c1-3-28(14-16-11-19(12-16)33-2)21-5-4-6-23(21)34-18-7-8-20-17(13-18)15-29(26(20)32)22-9-10-24(30)27-25(22)31/h7-8,13,16,19,21-23H,3-6,9-12,14-15H2,1-2H3,(H,27,30,31)/t16?,19?,21-,22?,23+/m1/s1. The number of ether oxygens (including phenoxy) is 2. The molecule has 1 aromatic carbocycles. The van der Waals surface area contributed by atoms with Crippen molar-refractivity contribution in [2.75, 3.05) is 20.2 Å². The summed E-state index contributed by atoms with van der Waals surface area (Å²) in [5, 5.41) is 2.35. The van der Waals surface area contributed by atoms with Crippen molar-refractivity contribution in [2.24, 2.45) is 5.92 Å². The molecule has 3 atom stereocenters. The third-order valence-electron chi connectivity index (χ3n) is 8.09. The zero-order valence-electron chi connectivity index (χ0n) is 20.1. The number of methoxy groups -OCH3 is 1.